The van der Waals surface area contributed by atoms with E-state index >= 15 is 0 Å². The number of rotatable bonds is 7. The molecule has 4 N–H and O–H groups in total. The number of amides is 2. The third-order valence-electron chi connectivity index (χ3n) is 3.03. The summed E-state index contributed by atoms with van der Waals surface area (Å²) in [7, 11) is 0. The molecule has 2 aromatic rings. The molecule has 9 nitrogen and oxygen atoms in total. The van der Waals surface area contributed by atoms with Crippen molar-refractivity contribution < 1.29 is 28.9 Å². The van der Waals surface area contributed by atoms with Crippen molar-refractivity contribution >= 4 is 12.0 Å². The van der Waals surface area contributed by atoms with Gasteiger partial charge in [0.2, 0.25) is 11.7 Å². The van der Waals surface area contributed by atoms with E-state index in [4.69, 9.17) is 19.9 Å². The third-order valence-corrected chi connectivity index (χ3v) is 3.03. The third kappa shape index (κ3) is 5.64. The lowest BCUT2D eigenvalue weighted by Crippen LogP contribution is -2.42. The van der Waals surface area contributed by atoms with Crippen LogP contribution in [0.5, 0.6) is 23.1 Å². The molecule has 26 heavy (non-hydrogen) atoms. The summed E-state index contributed by atoms with van der Waals surface area (Å²) in [6.07, 6.45) is 0.169. The lowest BCUT2D eigenvalue weighted by Gasteiger charge is -2.11. The van der Waals surface area contributed by atoms with E-state index in [2.05, 4.69) is 4.98 Å². The minimum absolute atomic E-state index is 0.0537. The van der Waals surface area contributed by atoms with Crippen molar-refractivity contribution in [3.8, 4) is 23.1 Å². The Morgan fingerprint density at radius 3 is 2.58 bits per heavy atom. The van der Waals surface area contributed by atoms with Crippen molar-refractivity contribution in [2.75, 3.05) is 13.2 Å². The Bertz CT molecular complexity index is 751. The predicted molar refractivity (Wildman–Crippen MR) is 91.1 cm³/mol. The normalized spacial score (nSPS) is 11.3. The van der Waals surface area contributed by atoms with Crippen LogP contribution in [-0.2, 0) is 4.79 Å². The molecule has 9 heteroatoms. The van der Waals surface area contributed by atoms with E-state index < -0.39 is 29.7 Å². The maximum atomic E-state index is 11.6. The molecule has 2 rings (SSSR count). The van der Waals surface area contributed by atoms with Crippen LogP contribution in [0, 0.1) is 0 Å². The number of carbonyl (C=O) groups excluding carboxylic acids is 2. The van der Waals surface area contributed by atoms with Gasteiger partial charge in [0.1, 0.15) is 19.0 Å². The van der Waals surface area contributed by atoms with Gasteiger partial charge in [-0.3, -0.25) is 10.1 Å². The fourth-order valence-electron chi connectivity index (χ4n) is 1.76. The topological polar surface area (TPSA) is 133 Å². The minimum atomic E-state index is -1.11. The largest absolute Gasteiger partial charge is 0.501 e. The molecule has 0 bridgehead atoms. The van der Waals surface area contributed by atoms with Crippen LogP contribution in [0.1, 0.15) is 6.92 Å². The molecule has 0 radical (unpaired) electrons. The molecule has 0 spiro atoms. The predicted octanol–water partition coefficient (Wildman–Crippen LogP) is 1.21. The van der Waals surface area contributed by atoms with Crippen molar-refractivity contribution in [2.45, 2.75) is 13.0 Å². The molecular formula is C17H19N3O6. The van der Waals surface area contributed by atoms with Gasteiger partial charge in [-0.15, -0.1) is 0 Å². The van der Waals surface area contributed by atoms with Gasteiger partial charge in [0, 0.05) is 12.3 Å². The first kappa shape index (κ1) is 19.0. The summed E-state index contributed by atoms with van der Waals surface area (Å²) >= 11 is 0. The minimum Gasteiger partial charge on any atom is -0.501 e. The number of aromatic nitrogens is 1. The van der Waals surface area contributed by atoms with Gasteiger partial charge in [-0.05, 0) is 19.1 Å². The first-order chi connectivity index (χ1) is 12.5. The molecule has 1 atom stereocenters. The zero-order valence-electron chi connectivity index (χ0n) is 14.0. The summed E-state index contributed by atoms with van der Waals surface area (Å²) in [5.74, 6) is -0.857. The standard InChI is InChI=1S/C17H19N3O6/c1-11(18)15(22)20-17(23)26-16-14(21)13(7-8-19-16)25-10-9-24-12-5-3-2-4-6-12/h2-8,11,21H,9-10,18H2,1H3,(H,20,22,23)/t11-/m1/s1. The van der Waals surface area contributed by atoms with Crippen molar-refractivity contribution in [3.63, 3.8) is 0 Å². The quantitative estimate of drug-likeness (QED) is 0.627. The highest BCUT2D eigenvalue weighted by Crippen LogP contribution is 2.33. The maximum absolute atomic E-state index is 11.6. The highest BCUT2D eigenvalue weighted by atomic mass is 16.6. The van der Waals surface area contributed by atoms with Crippen LogP contribution in [0.4, 0.5) is 4.79 Å². The molecule has 1 aromatic heterocycles. The number of imide groups is 1. The van der Waals surface area contributed by atoms with E-state index in [-0.39, 0.29) is 19.0 Å². The van der Waals surface area contributed by atoms with Crippen molar-refractivity contribution in [3.05, 3.63) is 42.6 Å². The monoisotopic (exact) mass is 361 g/mol. The Hall–Kier alpha value is -3.33. The molecule has 0 saturated carbocycles. The van der Waals surface area contributed by atoms with Crippen LogP contribution in [0.15, 0.2) is 42.6 Å². The van der Waals surface area contributed by atoms with Crippen LogP contribution in [0.3, 0.4) is 0 Å². The number of nitrogens with two attached hydrogens (primary N) is 1. The summed E-state index contributed by atoms with van der Waals surface area (Å²) in [5.41, 5.74) is 5.33. The van der Waals surface area contributed by atoms with E-state index in [0.29, 0.717) is 5.75 Å². The molecule has 0 unspecified atom stereocenters. The highest BCUT2D eigenvalue weighted by Gasteiger charge is 2.18. The average Bonchev–Trinajstić information content (AvgIpc) is 2.62. The van der Waals surface area contributed by atoms with Crippen LogP contribution in [0.25, 0.3) is 0 Å². The number of ether oxygens (including phenoxy) is 3. The molecule has 0 aliphatic carbocycles. The Labute approximate surface area is 149 Å². The SMILES string of the molecule is C[C@@H](N)C(=O)NC(=O)Oc1nccc(OCCOc2ccccc2)c1O. The summed E-state index contributed by atoms with van der Waals surface area (Å²) in [4.78, 5) is 26.6. The van der Waals surface area contributed by atoms with Gasteiger partial charge in [-0.25, -0.2) is 9.78 Å². The van der Waals surface area contributed by atoms with E-state index in [9.17, 15) is 14.7 Å². The lowest BCUT2D eigenvalue weighted by molar-refractivity contribution is -0.121. The van der Waals surface area contributed by atoms with Gasteiger partial charge in [-0.1, -0.05) is 18.2 Å². The molecule has 0 fully saturated rings. The van der Waals surface area contributed by atoms with Crippen LogP contribution in [-0.4, -0.2) is 41.3 Å². The van der Waals surface area contributed by atoms with Gasteiger partial charge in [0.15, 0.2) is 5.75 Å². The van der Waals surface area contributed by atoms with Crippen molar-refractivity contribution in [2.24, 2.45) is 5.73 Å². The van der Waals surface area contributed by atoms with Gasteiger partial charge >= 0.3 is 6.09 Å². The van der Waals surface area contributed by atoms with Gasteiger partial charge < -0.3 is 25.1 Å². The Kier molecular flexibility index (Phi) is 6.75. The number of benzene rings is 1. The van der Waals surface area contributed by atoms with Crippen molar-refractivity contribution in [1.29, 1.82) is 0 Å². The van der Waals surface area contributed by atoms with Gasteiger partial charge in [-0.2, -0.15) is 0 Å². The Balaban J connectivity index is 1.87. The fourth-order valence-corrected chi connectivity index (χ4v) is 1.76. The summed E-state index contributed by atoms with van der Waals surface area (Å²) in [6.45, 7) is 1.79. The smallest absolute Gasteiger partial charge is 0.420 e. The zero-order chi connectivity index (χ0) is 18.9. The van der Waals surface area contributed by atoms with E-state index in [1.807, 2.05) is 23.5 Å². The molecule has 1 heterocycles. The fraction of sp³-hybridized carbons (Fsp3) is 0.235. The second-order valence-electron chi connectivity index (χ2n) is 5.14. The van der Waals surface area contributed by atoms with Crippen molar-refractivity contribution in [1.82, 2.24) is 10.3 Å². The number of pyridine rings is 1. The van der Waals surface area contributed by atoms with Crippen LogP contribution in [0.2, 0.25) is 0 Å². The number of nitrogens with zero attached hydrogens (tertiary/aromatic N) is 1. The van der Waals surface area contributed by atoms with Crippen LogP contribution < -0.4 is 25.3 Å². The van der Waals surface area contributed by atoms with E-state index in [1.165, 1.54) is 19.2 Å². The maximum Gasteiger partial charge on any atom is 0.420 e. The summed E-state index contributed by atoms with van der Waals surface area (Å²) in [6, 6.07) is 9.68. The molecule has 0 aliphatic heterocycles. The molecule has 2 amide bonds. The van der Waals surface area contributed by atoms with Crippen LogP contribution >= 0.6 is 0 Å². The number of carbonyl (C=O) groups is 2. The number of nitrogens with one attached hydrogen (secondary N) is 1. The summed E-state index contributed by atoms with van der Waals surface area (Å²) in [5, 5.41) is 12.0. The van der Waals surface area contributed by atoms with E-state index in [1.54, 1.807) is 12.1 Å². The lowest BCUT2D eigenvalue weighted by atomic mass is 10.3. The Morgan fingerprint density at radius 1 is 1.19 bits per heavy atom. The first-order valence-electron chi connectivity index (χ1n) is 7.74. The molecule has 1 aromatic carbocycles. The van der Waals surface area contributed by atoms with Gasteiger partial charge in [0.05, 0.1) is 6.04 Å². The van der Waals surface area contributed by atoms with E-state index in [0.717, 1.165) is 0 Å². The summed E-state index contributed by atoms with van der Waals surface area (Å²) < 4.78 is 15.6. The number of aromatic hydroxyl groups is 1. The zero-order valence-corrected chi connectivity index (χ0v) is 14.0. The number of hydrogen-bond donors (Lipinski definition) is 3. The highest BCUT2D eigenvalue weighted by molar-refractivity contribution is 5.95. The van der Waals surface area contributed by atoms with Gasteiger partial charge in [0.25, 0.3) is 5.88 Å². The second kappa shape index (κ2) is 9.23. The second-order valence-corrected chi connectivity index (χ2v) is 5.14. The molecule has 0 saturated heterocycles. The molecule has 138 valence electrons. The average molecular weight is 361 g/mol. The molecule has 0 aliphatic rings. The first-order valence-corrected chi connectivity index (χ1v) is 7.74. The number of para-hydroxylation sites is 1. The molecular weight excluding hydrogens is 342 g/mol. The number of hydrogen-bond acceptors (Lipinski definition) is 8. The Morgan fingerprint density at radius 2 is 1.88 bits per heavy atom.